The molecule has 1 N–H and O–H groups in total. The van der Waals surface area contributed by atoms with E-state index in [-0.39, 0.29) is 11.7 Å². The van der Waals surface area contributed by atoms with Gasteiger partial charge in [-0.05, 0) is 12.8 Å². The van der Waals surface area contributed by atoms with Crippen LogP contribution in [0, 0.1) is 0 Å². The summed E-state index contributed by atoms with van der Waals surface area (Å²) in [7, 11) is 3.26. The van der Waals surface area contributed by atoms with Crippen molar-refractivity contribution < 1.29 is 4.74 Å². The Labute approximate surface area is 121 Å². The van der Waals surface area contributed by atoms with Gasteiger partial charge in [-0.15, -0.1) is 0 Å². The first kappa shape index (κ1) is 13.6. The highest BCUT2D eigenvalue weighted by molar-refractivity contribution is 5.38. The van der Waals surface area contributed by atoms with Crippen molar-refractivity contribution in [2.45, 2.75) is 31.8 Å². The third-order valence-corrected chi connectivity index (χ3v) is 3.71. The Kier molecular flexibility index (Phi) is 3.59. The Morgan fingerprint density at radius 1 is 1.38 bits per heavy atom. The molecule has 2 aromatic rings. The zero-order valence-electron chi connectivity index (χ0n) is 12.1. The van der Waals surface area contributed by atoms with E-state index >= 15 is 0 Å². The van der Waals surface area contributed by atoms with Crippen molar-refractivity contribution >= 4 is 5.82 Å². The van der Waals surface area contributed by atoms with E-state index in [0.29, 0.717) is 12.4 Å². The summed E-state index contributed by atoms with van der Waals surface area (Å²) in [5, 5.41) is 7.65. The number of nitrogens with one attached hydrogen (secondary N) is 1. The third-order valence-electron chi connectivity index (χ3n) is 3.71. The van der Waals surface area contributed by atoms with E-state index in [0.717, 1.165) is 30.9 Å². The Hall–Kier alpha value is -2.38. The molecule has 2 aromatic heterocycles. The Balaban J connectivity index is 1.71. The van der Waals surface area contributed by atoms with E-state index in [4.69, 9.17) is 4.74 Å². The summed E-state index contributed by atoms with van der Waals surface area (Å²) in [5.74, 6) is 2.12. The molecule has 0 saturated heterocycles. The van der Waals surface area contributed by atoms with Crippen LogP contribution in [0.3, 0.4) is 0 Å². The number of ether oxygens (including phenoxy) is 1. The molecule has 21 heavy (non-hydrogen) atoms. The maximum atomic E-state index is 11.9. The summed E-state index contributed by atoms with van der Waals surface area (Å²) in [6.45, 7) is 0.669. The fourth-order valence-electron chi connectivity index (χ4n) is 2.58. The number of aryl methyl sites for hydroxylation is 2. The quantitative estimate of drug-likeness (QED) is 0.869. The molecule has 8 heteroatoms. The summed E-state index contributed by atoms with van der Waals surface area (Å²) in [5.41, 5.74) is -0.0469. The highest BCUT2D eigenvalue weighted by Crippen LogP contribution is 2.17. The van der Waals surface area contributed by atoms with Gasteiger partial charge in [0.25, 0.3) is 0 Å². The molecule has 0 fully saturated rings. The average Bonchev–Trinajstić information content (AvgIpc) is 2.65. The second kappa shape index (κ2) is 5.55. The van der Waals surface area contributed by atoms with Gasteiger partial charge in [0, 0.05) is 32.1 Å². The summed E-state index contributed by atoms with van der Waals surface area (Å²) >= 11 is 0. The molecule has 1 aliphatic rings. The third kappa shape index (κ3) is 2.74. The van der Waals surface area contributed by atoms with Gasteiger partial charge < -0.3 is 10.1 Å². The number of hydrogen-bond acceptors (Lipinski definition) is 6. The number of fused-ring (bicyclic) bond motifs is 1. The highest BCUT2D eigenvalue weighted by atomic mass is 16.5. The van der Waals surface area contributed by atoms with E-state index in [2.05, 4.69) is 20.4 Å². The second-order valence-corrected chi connectivity index (χ2v) is 5.09. The molecule has 1 unspecified atom stereocenters. The van der Waals surface area contributed by atoms with Crippen molar-refractivity contribution in [2.24, 2.45) is 7.05 Å². The van der Waals surface area contributed by atoms with Gasteiger partial charge in [-0.3, -0.25) is 4.57 Å². The SMILES string of the molecule is COc1cc(NC2CCc3nn(C)c(=O)n3CC2)ncn1. The van der Waals surface area contributed by atoms with Crippen molar-refractivity contribution in [1.29, 1.82) is 0 Å². The molecular formula is C13H18N6O2. The van der Waals surface area contributed by atoms with Crippen molar-refractivity contribution in [1.82, 2.24) is 24.3 Å². The fraction of sp³-hybridized carbons (Fsp3) is 0.538. The molecule has 0 radical (unpaired) electrons. The minimum atomic E-state index is -0.0469. The first-order valence-electron chi connectivity index (χ1n) is 6.92. The van der Waals surface area contributed by atoms with Crippen LogP contribution in [-0.2, 0) is 20.0 Å². The number of rotatable bonds is 3. The maximum Gasteiger partial charge on any atom is 0.345 e. The van der Waals surface area contributed by atoms with Crippen LogP contribution in [0.4, 0.5) is 5.82 Å². The molecule has 1 aliphatic heterocycles. The predicted octanol–water partition coefficient (Wildman–Crippen LogP) is 0.197. The maximum absolute atomic E-state index is 11.9. The summed E-state index contributed by atoms with van der Waals surface area (Å²) in [4.78, 5) is 20.1. The van der Waals surface area contributed by atoms with Crippen LogP contribution in [0.1, 0.15) is 18.7 Å². The average molecular weight is 290 g/mol. The fourth-order valence-corrected chi connectivity index (χ4v) is 2.58. The minimum Gasteiger partial charge on any atom is -0.481 e. The van der Waals surface area contributed by atoms with E-state index in [9.17, 15) is 4.79 Å². The van der Waals surface area contributed by atoms with E-state index in [1.807, 2.05) is 0 Å². The van der Waals surface area contributed by atoms with Gasteiger partial charge in [0.05, 0.1) is 7.11 Å². The number of methoxy groups -OCH3 is 1. The van der Waals surface area contributed by atoms with E-state index < -0.39 is 0 Å². The van der Waals surface area contributed by atoms with Crippen LogP contribution in [0.15, 0.2) is 17.2 Å². The molecule has 112 valence electrons. The lowest BCUT2D eigenvalue weighted by Crippen LogP contribution is -2.25. The van der Waals surface area contributed by atoms with Gasteiger partial charge in [0.2, 0.25) is 5.88 Å². The van der Waals surface area contributed by atoms with Crippen molar-refractivity contribution in [2.75, 3.05) is 12.4 Å². The molecule has 0 saturated carbocycles. The number of nitrogens with zero attached hydrogens (tertiary/aromatic N) is 5. The van der Waals surface area contributed by atoms with Crippen LogP contribution in [0.5, 0.6) is 5.88 Å². The molecule has 3 heterocycles. The largest absolute Gasteiger partial charge is 0.481 e. The predicted molar refractivity (Wildman–Crippen MR) is 76.4 cm³/mol. The molecule has 0 aromatic carbocycles. The first-order chi connectivity index (χ1) is 10.2. The molecule has 8 nitrogen and oxygen atoms in total. The van der Waals surface area contributed by atoms with Gasteiger partial charge in [-0.2, -0.15) is 5.10 Å². The zero-order valence-corrected chi connectivity index (χ0v) is 12.1. The Bertz CT molecular complexity index is 692. The van der Waals surface area contributed by atoms with Gasteiger partial charge in [0.1, 0.15) is 18.0 Å². The Morgan fingerprint density at radius 2 is 2.24 bits per heavy atom. The van der Waals surface area contributed by atoms with Gasteiger partial charge in [0.15, 0.2) is 0 Å². The molecule has 0 spiro atoms. The minimum absolute atomic E-state index is 0.0469. The van der Waals surface area contributed by atoms with Crippen LogP contribution >= 0.6 is 0 Å². The van der Waals surface area contributed by atoms with Crippen LogP contribution < -0.4 is 15.7 Å². The lowest BCUT2D eigenvalue weighted by Gasteiger charge is -2.16. The number of aromatic nitrogens is 5. The zero-order chi connectivity index (χ0) is 14.8. The van der Waals surface area contributed by atoms with Crippen molar-refractivity contribution in [3.05, 3.63) is 28.7 Å². The first-order valence-corrected chi connectivity index (χ1v) is 6.92. The molecule has 1 atom stereocenters. The van der Waals surface area contributed by atoms with Crippen LogP contribution in [-0.4, -0.2) is 37.5 Å². The topological polar surface area (TPSA) is 86.9 Å². The summed E-state index contributed by atoms with van der Waals surface area (Å²) < 4.78 is 8.24. The van der Waals surface area contributed by atoms with Crippen molar-refractivity contribution in [3.8, 4) is 5.88 Å². The molecular weight excluding hydrogens is 272 g/mol. The number of anilines is 1. The molecule has 0 amide bonds. The van der Waals surface area contributed by atoms with Crippen LogP contribution in [0.2, 0.25) is 0 Å². The van der Waals surface area contributed by atoms with Gasteiger partial charge in [-0.25, -0.2) is 19.4 Å². The van der Waals surface area contributed by atoms with E-state index in [1.54, 1.807) is 24.8 Å². The molecule has 3 rings (SSSR count). The second-order valence-electron chi connectivity index (χ2n) is 5.09. The summed E-state index contributed by atoms with van der Waals surface area (Å²) in [6.07, 6.45) is 4.00. The molecule has 0 bridgehead atoms. The monoisotopic (exact) mass is 290 g/mol. The van der Waals surface area contributed by atoms with Gasteiger partial charge >= 0.3 is 5.69 Å². The Morgan fingerprint density at radius 3 is 3.05 bits per heavy atom. The lowest BCUT2D eigenvalue weighted by atomic mass is 10.1. The molecule has 0 aliphatic carbocycles. The summed E-state index contributed by atoms with van der Waals surface area (Å²) in [6, 6.07) is 2.01. The van der Waals surface area contributed by atoms with Crippen LogP contribution in [0.25, 0.3) is 0 Å². The lowest BCUT2D eigenvalue weighted by molar-refractivity contribution is 0.397. The van der Waals surface area contributed by atoms with E-state index in [1.165, 1.54) is 11.0 Å². The highest BCUT2D eigenvalue weighted by Gasteiger charge is 2.20. The smallest absolute Gasteiger partial charge is 0.345 e. The van der Waals surface area contributed by atoms with Gasteiger partial charge in [-0.1, -0.05) is 0 Å². The van der Waals surface area contributed by atoms with Crippen molar-refractivity contribution in [3.63, 3.8) is 0 Å². The number of hydrogen-bond donors (Lipinski definition) is 1. The standard InChI is InChI=1S/C13H18N6O2/c1-18-13(20)19-6-5-9(3-4-11(19)17-18)16-10-7-12(21-2)15-8-14-10/h7-9H,3-6H2,1-2H3,(H,14,15,16). The normalized spacial score (nSPS) is 17.9.